The second-order valence-corrected chi connectivity index (χ2v) is 6.29. The van der Waals surface area contributed by atoms with Gasteiger partial charge in [-0.3, -0.25) is 4.98 Å². The summed E-state index contributed by atoms with van der Waals surface area (Å²) in [5.41, 5.74) is 1.94. The van der Waals surface area contributed by atoms with Gasteiger partial charge in [-0.05, 0) is 38.1 Å². The first kappa shape index (κ1) is 15.0. The van der Waals surface area contributed by atoms with Gasteiger partial charge in [0.05, 0.1) is 17.7 Å². The van der Waals surface area contributed by atoms with Crippen molar-refractivity contribution in [1.29, 1.82) is 0 Å². The highest BCUT2D eigenvalue weighted by Crippen LogP contribution is 2.29. The fraction of sp³-hybridized carbons (Fsp3) is 0.316. The molecule has 3 heterocycles. The third-order valence-corrected chi connectivity index (χ3v) is 4.24. The molecule has 122 valence electrons. The van der Waals surface area contributed by atoms with Gasteiger partial charge in [0.15, 0.2) is 5.82 Å². The van der Waals surface area contributed by atoms with Gasteiger partial charge in [-0.2, -0.15) is 0 Å². The van der Waals surface area contributed by atoms with Gasteiger partial charge >= 0.3 is 0 Å². The summed E-state index contributed by atoms with van der Waals surface area (Å²) in [4.78, 5) is 16.0. The number of nitrogens with zero attached hydrogens (tertiary/aromatic N) is 4. The molecular formula is C19H20N4O. The molecule has 4 rings (SSSR count). The van der Waals surface area contributed by atoms with Crippen molar-refractivity contribution in [2.24, 2.45) is 0 Å². The molecule has 2 aromatic heterocycles. The topological polar surface area (TPSA) is 51.1 Å². The minimum atomic E-state index is 0.187. The molecule has 3 aromatic rings. The average molecular weight is 320 g/mol. The highest BCUT2D eigenvalue weighted by atomic mass is 16.5. The number of para-hydroxylation sites is 1. The molecule has 1 saturated heterocycles. The van der Waals surface area contributed by atoms with Gasteiger partial charge in [-0.25, -0.2) is 9.97 Å². The fourth-order valence-corrected chi connectivity index (χ4v) is 3.28. The van der Waals surface area contributed by atoms with E-state index < -0.39 is 0 Å². The molecule has 0 spiro atoms. The molecule has 0 N–H and O–H groups in total. The van der Waals surface area contributed by atoms with Crippen molar-refractivity contribution >= 4 is 16.7 Å². The summed E-state index contributed by atoms with van der Waals surface area (Å²) >= 11 is 0. The smallest absolute Gasteiger partial charge is 0.162 e. The van der Waals surface area contributed by atoms with Crippen molar-refractivity contribution < 1.29 is 4.74 Å². The zero-order valence-corrected chi connectivity index (χ0v) is 13.9. The molecule has 1 fully saturated rings. The Bertz CT molecular complexity index is 842. The Morgan fingerprint density at radius 3 is 2.42 bits per heavy atom. The van der Waals surface area contributed by atoms with Crippen molar-refractivity contribution in [3.63, 3.8) is 0 Å². The summed E-state index contributed by atoms with van der Waals surface area (Å²) in [6.45, 7) is 5.88. The third kappa shape index (κ3) is 2.83. The lowest BCUT2D eigenvalue weighted by atomic mass is 10.1. The number of anilines is 1. The maximum Gasteiger partial charge on any atom is 0.162 e. The number of rotatable bonds is 2. The van der Waals surface area contributed by atoms with E-state index in [1.165, 1.54) is 0 Å². The maximum absolute atomic E-state index is 5.87. The van der Waals surface area contributed by atoms with Crippen LogP contribution in [0, 0.1) is 0 Å². The molecule has 2 atom stereocenters. The van der Waals surface area contributed by atoms with Crippen molar-refractivity contribution in [3.8, 4) is 11.4 Å². The molecule has 0 bridgehead atoms. The minimum absolute atomic E-state index is 0.187. The Morgan fingerprint density at radius 2 is 1.67 bits per heavy atom. The van der Waals surface area contributed by atoms with E-state index in [0.717, 1.165) is 41.2 Å². The van der Waals surface area contributed by atoms with Gasteiger partial charge in [-0.15, -0.1) is 0 Å². The summed E-state index contributed by atoms with van der Waals surface area (Å²) in [6.07, 6.45) is 3.91. The van der Waals surface area contributed by atoms with Crippen LogP contribution in [0.1, 0.15) is 13.8 Å². The lowest BCUT2D eigenvalue weighted by Crippen LogP contribution is -2.46. The monoisotopic (exact) mass is 320 g/mol. The van der Waals surface area contributed by atoms with E-state index in [1.807, 2.05) is 30.3 Å². The van der Waals surface area contributed by atoms with Crippen LogP contribution in [0.2, 0.25) is 0 Å². The number of ether oxygens (including phenoxy) is 1. The molecule has 1 aromatic carbocycles. The highest BCUT2D eigenvalue weighted by molar-refractivity contribution is 5.91. The maximum atomic E-state index is 5.87. The zero-order chi connectivity index (χ0) is 16.5. The Balaban J connectivity index is 1.87. The van der Waals surface area contributed by atoms with Gasteiger partial charge < -0.3 is 9.64 Å². The number of hydrogen-bond acceptors (Lipinski definition) is 5. The SMILES string of the molecule is CC1CN(c2nc(-c3ccncc3)nc3ccccc23)CC(C)O1. The second kappa shape index (κ2) is 6.17. The first-order valence-corrected chi connectivity index (χ1v) is 8.28. The number of fused-ring (bicyclic) bond motifs is 1. The summed E-state index contributed by atoms with van der Waals surface area (Å²) in [6, 6.07) is 12.1. The largest absolute Gasteiger partial charge is 0.372 e. The zero-order valence-electron chi connectivity index (χ0n) is 13.9. The molecule has 5 nitrogen and oxygen atoms in total. The van der Waals surface area contributed by atoms with E-state index in [-0.39, 0.29) is 12.2 Å². The van der Waals surface area contributed by atoms with Gasteiger partial charge in [-0.1, -0.05) is 12.1 Å². The summed E-state index contributed by atoms with van der Waals surface area (Å²) in [5, 5.41) is 1.08. The van der Waals surface area contributed by atoms with Gasteiger partial charge in [0.25, 0.3) is 0 Å². The summed E-state index contributed by atoms with van der Waals surface area (Å²) < 4.78 is 5.87. The van der Waals surface area contributed by atoms with Crippen LogP contribution >= 0.6 is 0 Å². The summed E-state index contributed by atoms with van der Waals surface area (Å²) in [7, 11) is 0. The van der Waals surface area contributed by atoms with E-state index in [2.05, 4.69) is 29.8 Å². The first-order valence-electron chi connectivity index (χ1n) is 8.28. The number of morpholine rings is 1. The average Bonchev–Trinajstić information content (AvgIpc) is 2.60. The van der Waals surface area contributed by atoms with E-state index in [9.17, 15) is 0 Å². The number of pyridine rings is 1. The molecule has 2 unspecified atom stereocenters. The molecule has 0 aliphatic carbocycles. The lowest BCUT2D eigenvalue weighted by Gasteiger charge is -2.36. The standard InChI is InChI=1S/C19H20N4O/c1-13-11-23(12-14(2)24-13)19-16-5-3-4-6-17(16)21-18(22-19)15-7-9-20-10-8-15/h3-10,13-14H,11-12H2,1-2H3. The molecule has 0 amide bonds. The quantitative estimate of drug-likeness (QED) is 0.725. The Kier molecular flexibility index (Phi) is 3.86. The third-order valence-electron chi connectivity index (χ3n) is 4.24. The van der Waals surface area contributed by atoms with Crippen LogP contribution in [0.15, 0.2) is 48.8 Å². The van der Waals surface area contributed by atoms with E-state index in [1.54, 1.807) is 12.4 Å². The van der Waals surface area contributed by atoms with Gasteiger partial charge in [0, 0.05) is 36.4 Å². The molecule has 5 heteroatoms. The summed E-state index contributed by atoms with van der Waals surface area (Å²) in [5.74, 6) is 1.72. The lowest BCUT2D eigenvalue weighted by molar-refractivity contribution is -0.00536. The Labute approximate surface area is 141 Å². The van der Waals surface area contributed by atoms with Crippen LogP contribution in [0.3, 0.4) is 0 Å². The molecular weight excluding hydrogens is 300 g/mol. The van der Waals surface area contributed by atoms with Crippen LogP contribution in [0.5, 0.6) is 0 Å². The normalized spacial score (nSPS) is 21.2. The van der Waals surface area contributed by atoms with Crippen LogP contribution in [0.25, 0.3) is 22.3 Å². The highest BCUT2D eigenvalue weighted by Gasteiger charge is 2.25. The number of aromatic nitrogens is 3. The van der Waals surface area contributed by atoms with Crippen molar-refractivity contribution in [2.45, 2.75) is 26.1 Å². The van der Waals surface area contributed by atoms with E-state index in [0.29, 0.717) is 0 Å². The Morgan fingerprint density at radius 1 is 0.958 bits per heavy atom. The van der Waals surface area contributed by atoms with Gasteiger partial charge in [0.1, 0.15) is 5.82 Å². The van der Waals surface area contributed by atoms with Crippen LogP contribution in [0.4, 0.5) is 5.82 Å². The minimum Gasteiger partial charge on any atom is -0.372 e. The molecule has 24 heavy (non-hydrogen) atoms. The van der Waals surface area contributed by atoms with Crippen molar-refractivity contribution in [2.75, 3.05) is 18.0 Å². The molecule has 0 saturated carbocycles. The first-order chi connectivity index (χ1) is 11.7. The van der Waals surface area contributed by atoms with Crippen LogP contribution in [-0.4, -0.2) is 40.2 Å². The predicted molar refractivity (Wildman–Crippen MR) is 95.0 cm³/mol. The predicted octanol–water partition coefficient (Wildman–Crippen LogP) is 3.31. The molecule has 1 aliphatic rings. The Hall–Kier alpha value is -2.53. The van der Waals surface area contributed by atoms with Crippen LogP contribution < -0.4 is 4.90 Å². The number of benzene rings is 1. The fourth-order valence-electron chi connectivity index (χ4n) is 3.28. The second-order valence-electron chi connectivity index (χ2n) is 6.29. The van der Waals surface area contributed by atoms with Gasteiger partial charge in [0.2, 0.25) is 0 Å². The van der Waals surface area contributed by atoms with Crippen LogP contribution in [-0.2, 0) is 4.74 Å². The number of hydrogen-bond donors (Lipinski definition) is 0. The van der Waals surface area contributed by atoms with Crippen molar-refractivity contribution in [1.82, 2.24) is 15.0 Å². The molecule has 0 radical (unpaired) electrons. The molecule has 1 aliphatic heterocycles. The van der Waals surface area contributed by atoms with E-state index >= 15 is 0 Å². The van der Waals surface area contributed by atoms with Crippen molar-refractivity contribution in [3.05, 3.63) is 48.8 Å². The van der Waals surface area contributed by atoms with E-state index in [4.69, 9.17) is 14.7 Å².